The monoisotopic (exact) mass is 1220 g/mol. The highest BCUT2D eigenvalue weighted by Crippen LogP contribution is 2.27. The van der Waals surface area contributed by atoms with E-state index < -0.39 is 67.3 Å². The van der Waals surface area contributed by atoms with Crippen LogP contribution in [0.4, 0.5) is 0 Å². The largest absolute Gasteiger partial charge is 0.479 e. The average molecular weight is 1220 g/mol. The van der Waals surface area contributed by atoms with E-state index in [-0.39, 0.29) is 25.9 Å². The molecule has 0 bridgehead atoms. The van der Waals surface area contributed by atoms with Gasteiger partial charge in [0.1, 0.15) is 18.8 Å². The average Bonchev–Trinajstić information content (AvgIpc) is 2.56. The Balaban J connectivity index is 2.64. The number of carboxylic acid groups (broad SMARTS) is 1. The van der Waals surface area contributed by atoms with Crippen molar-refractivity contribution in [3.8, 4) is 0 Å². The van der Waals surface area contributed by atoms with Crippen LogP contribution in [0.15, 0.2) is 85.1 Å². The number of hydrogen-bond donors (Lipinski definition) is 3. The number of carboxylic acids is 1. The highest BCUT2D eigenvalue weighted by molar-refractivity contribution is 5.74. The molecule has 6 unspecified atom stereocenters. The number of aliphatic hydroxyl groups excluding tert-OH is 2. The standard InChI is InChI=1S/C75H128O12/c1-4-7-10-13-16-19-22-25-28-31-34-37-40-43-46-49-52-55-58-61-67(76)83-64-66(85-68(77)62-59-56-53-50-47-44-41-38-35-32-29-26-23-20-17-14-11-8-5-2)65-84-75-73(71(80)70(79)72(87-75)74(81)82)86-69(78)63-60-57-54-51-48-45-42-39-36-33-30-27-24-21-18-15-12-9-6-3/h7,10,16,18-19,21,25-30,34,37,66,70-73,75,79-80H,4-6,8-9,11-15,17,20,22-24,31-33,35-36,38-65H2,1-3H3,(H,81,82)/b10-7-,19-16-,21-18-,28-25-,29-26-,30-27-,37-34-. The first-order valence-electron chi connectivity index (χ1n) is 35.6. The number of unbranched alkanes of at least 4 members (excludes halogenated alkanes) is 33. The van der Waals surface area contributed by atoms with E-state index >= 15 is 0 Å². The number of hydrogen-bond acceptors (Lipinski definition) is 11. The minimum Gasteiger partial charge on any atom is -0.479 e. The molecule has 0 saturated carbocycles. The lowest BCUT2D eigenvalue weighted by Gasteiger charge is -2.40. The van der Waals surface area contributed by atoms with Crippen molar-refractivity contribution < 1.29 is 58.2 Å². The normalized spacial score (nSPS) is 17.8. The minimum atomic E-state index is -1.91. The van der Waals surface area contributed by atoms with E-state index in [4.69, 9.17) is 23.7 Å². The third-order valence-corrected chi connectivity index (χ3v) is 15.9. The van der Waals surface area contributed by atoms with Gasteiger partial charge in [-0.3, -0.25) is 14.4 Å². The van der Waals surface area contributed by atoms with Gasteiger partial charge in [-0.2, -0.15) is 0 Å². The molecular formula is C75H128O12. The topological polar surface area (TPSA) is 175 Å². The summed E-state index contributed by atoms with van der Waals surface area (Å²) in [5.41, 5.74) is 0. The molecule has 0 radical (unpaired) electrons. The van der Waals surface area contributed by atoms with Gasteiger partial charge in [0.05, 0.1) is 6.61 Å². The molecule has 0 amide bonds. The number of rotatable bonds is 61. The van der Waals surface area contributed by atoms with Crippen molar-refractivity contribution in [2.24, 2.45) is 0 Å². The van der Waals surface area contributed by atoms with E-state index in [0.29, 0.717) is 19.3 Å². The molecule has 0 aromatic carbocycles. The number of esters is 3. The summed E-state index contributed by atoms with van der Waals surface area (Å²) in [4.78, 5) is 51.5. The van der Waals surface area contributed by atoms with E-state index in [1.165, 1.54) is 128 Å². The first-order valence-corrected chi connectivity index (χ1v) is 35.6. The molecule has 12 nitrogen and oxygen atoms in total. The van der Waals surface area contributed by atoms with Gasteiger partial charge in [0.25, 0.3) is 0 Å². The molecule has 0 aliphatic carbocycles. The van der Waals surface area contributed by atoms with E-state index in [9.17, 15) is 34.5 Å². The summed E-state index contributed by atoms with van der Waals surface area (Å²) in [6.45, 7) is 5.89. The van der Waals surface area contributed by atoms with Gasteiger partial charge in [0.2, 0.25) is 0 Å². The maximum Gasteiger partial charge on any atom is 0.335 e. The summed E-state index contributed by atoms with van der Waals surface area (Å²) < 4.78 is 28.6. The highest BCUT2D eigenvalue weighted by atomic mass is 16.7. The van der Waals surface area contributed by atoms with Crippen molar-refractivity contribution >= 4 is 23.9 Å². The Bertz CT molecular complexity index is 1830. The molecule has 6 atom stereocenters. The van der Waals surface area contributed by atoms with Crippen molar-refractivity contribution in [2.45, 2.75) is 353 Å². The molecule has 3 N–H and O–H groups in total. The van der Waals surface area contributed by atoms with Gasteiger partial charge in [-0.15, -0.1) is 0 Å². The van der Waals surface area contributed by atoms with Crippen LogP contribution in [0.25, 0.3) is 0 Å². The summed E-state index contributed by atoms with van der Waals surface area (Å²) in [5, 5.41) is 31.7. The first kappa shape index (κ1) is 80.9. The zero-order valence-corrected chi connectivity index (χ0v) is 55.5. The number of aliphatic carboxylic acids is 1. The summed E-state index contributed by atoms with van der Waals surface area (Å²) in [5.74, 6) is -3.13. The van der Waals surface area contributed by atoms with Crippen molar-refractivity contribution in [3.63, 3.8) is 0 Å². The molecule has 0 spiro atoms. The zero-order chi connectivity index (χ0) is 63.1. The van der Waals surface area contributed by atoms with E-state index in [0.717, 1.165) is 128 Å². The zero-order valence-electron chi connectivity index (χ0n) is 55.5. The Labute approximate surface area is 531 Å². The number of carbonyl (C=O) groups is 4. The van der Waals surface area contributed by atoms with Crippen LogP contribution in [0.1, 0.15) is 316 Å². The molecule has 12 heteroatoms. The van der Waals surface area contributed by atoms with E-state index in [2.05, 4.69) is 106 Å². The molecule has 87 heavy (non-hydrogen) atoms. The third-order valence-electron chi connectivity index (χ3n) is 15.9. The van der Waals surface area contributed by atoms with Crippen LogP contribution in [0, 0.1) is 0 Å². The second-order valence-corrected chi connectivity index (χ2v) is 24.1. The summed E-state index contributed by atoms with van der Waals surface area (Å²) >= 11 is 0. The first-order chi connectivity index (χ1) is 42.6. The Morgan fingerprint density at radius 3 is 1.14 bits per heavy atom. The van der Waals surface area contributed by atoms with Gasteiger partial charge in [-0.25, -0.2) is 4.79 Å². The number of carbonyl (C=O) groups excluding carboxylic acids is 3. The maximum atomic E-state index is 13.3. The van der Waals surface area contributed by atoms with Crippen molar-refractivity contribution in [1.82, 2.24) is 0 Å². The Morgan fingerprint density at radius 1 is 0.391 bits per heavy atom. The van der Waals surface area contributed by atoms with Crippen molar-refractivity contribution in [1.29, 1.82) is 0 Å². The van der Waals surface area contributed by atoms with Crippen LogP contribution < -0.4 is 0 Å². The Morgan fingerprint density at radius 2 is 0.724 bits per heavy atom. The second kappa shape index (κ2) is 62.1. The number of aliphatic hydroxyl groups is 2. The van der Waals surface area contributed by atoms with E-state index in [1.807, 2.05) is 0 Å². The molecule has 1 fully saturated rings. The molecule has 1 saturated heterocycles. The van der Waals surface area contributed by atoms with Gasteiger partial charge in [-0.1, -0.05) is 266 Å². The van der Waals surface area contributed by atoms with Gasteiger partial charge in [0.15, 0.2) is 24.6 Å². The molecule has 0 aromatic heterocycles. The fourth-order valence-corrected chi connectivity index (χ4v) is 10.5. The molecular weight excluding hydrogens is 1090 g/mol. The SMILES string of the molecule is CC/C=C\C/C=C\C/C=C\C/C=C\CCCCCCCCC(=O)OCC(COC1OC(C(=O)O)C(O)C(O)C1OC(=O)CCCCCCCCCCC/C=C\C/C=C\CCCCC)OC(=O)CCCCCCCCCCC/C=C\CCCCCCCC. The van der Waals surface area contributed by atoms with Crippen LogP contribution in [0.5, 0.6) is 0 Å². The van der Waals surface area contributed by atoms with Gasteiger partial charge in [0, 0.05) is 19.3 Å². The van der Waals surface area contributed by atoms with Crippen LogP contribution >= 0.6 is 0 Å². The molecule has 1 heterocycles. The van der Waals surface area contributed by atoms with Gasteiger partial charge < -0.3 is 39.0 Å². The number of allylic oxidation sites excluding steroid dienone is 14. The summed E-state index contributed by atoms with van der Waals surface area (Å²) in [6.07, 6.45) is 69.5. The van der Waals surface area contributed by atoms with Gasteiger partial charge in [-0.05, 0) is 116 Å². The Kier molecular flexibility index (Phi) is 57.8. The van der Waals surface area contributed by atoms with Gasteiger partial charge >= 0.3 is 23.9 Å². The van der Waals surface area contributed by atoms with Crippen LogP contribution in [-0.4, -0.2) is 89.2 Å². The highest BCUT2D eigenvalue weighted by Gasteiger charge is 2.50. The predicted molar refractivity (Wildman–Crippen MR) is 358 cm³/mol. The minimum absolute atomic E-state index is 0.0525. The lowest BCUT2D eigenvalue weighted by molar-refractivity contribution is -0.301. The quantitative estimate of drug-likeness (QED) is 0.0228. The van der Waals surface area contributed by atoms with E-state index in [1.54, 1.807) is 0 Å². The molecule has 1 aliphatic heterocycles. The lowest BCUT2D eigenvalue weighted by atomic mass is 9.98. The summed E-state index contributed by atoms with van der Waals surface area (Å²) in [7, 11) is 0. The maximum absolute atomic E-state index is 13.3. The van der Waals surface area contributed by atoms with Crippen molar-refractivity contribution in [2.75, 3.05) is 13.2 Å². The molecule has 1 aliphatic rings. The molecule has 500 valence electrons. The predicted octanol–water partition coefficient (Wildman–Crippen LogP) is 19.8. The van der Waals surface area contributed by atoms with Crippen LogP contribution in [-0.2, 0) is 42.9 Å². The second-order valence-electron chi connectivity index (χ2n) is 24.1. The fraction of sp³-hybridized carbons (Fsp3) is 0.760. The Hall–Kier alpha value is -4.10. The van der Waals surface area contributed by atoms with Crippen molar-refractivity contribution in [3.05, 3.63) is 85.1 Å². The van der Waals surface area contributed by atoms with Crippen LogP contribution in [0.3, 0.4) is 0 Å². The molecule has 0 aromatic rings. The molecule has 1 rings (SSSR count). The fourth-order valence-electron chi connectivity index (χ4n) is 10.5. The smallest absolute Gasteiger partial charge is 0.335 e. The number of ether oxygens (including phenoxy) is 5. The lowest BCUT2D eigenvalue weighted by Crippen LogP contribution is -2.61. The van der Waals surface area contributed by atoms with Crippen LogP contribution in [0.2, 0.25) is 0 Å². The third kappa shape index (κ3) is 51.4. The summed E-state index contributed by atoms with van der Waals surface area (Å²) in [6, 6.07) is 0.